The van der Waals surface area contributed by atoms with Crippen LogP contribution in [0.2, 0.25) is 0 Å². The highest BCUT2D eigenvalue weighted by Gasteiger charge is 2.06. The Morgan fingerprint density at radius 2 is 2.05 bits per heavy atom. The van der Waals surface area contributed by atoms with Gasteiger partial charge in [-0.15, -0.1) is 10.2 Å². The number of hydrogen-bond donors (Lipinski definition) is 2. The molecule has 0 bridgehead atoms. The average molecular weight is 271 g/mol. The lowest BCUT2D eigenvalue weighted by Crippen LogP contribution is -2.24. The molecular weight excluding hydrogens is 254 g/mol. The Morgan fingerprint density at radius 1 is 1.20 bits per heavy atom. The minimum Gasteiger partial charge on any atom is -0.364 e. The van der Waals surface area contributed by atoms with Gasteiger partial charge in [-0.2, -0.15) is 0 Å². The molecular formula is C14H17N5O. The minimum absolute atomic E-state index is 0.214. The number of rotatable bonds is 5. The summed E-state index contributed by atoms with van der Waals surface area (Å²) in [6, 6.07) is 7.35. The van der Waals surface area contributed by atoms with Gasteiger partial charge in [0.2, 0.25) is 0 Å². The van der Waals surface area contributed by atoms with Crippen LogP contribution in [-0.4, -0.2) is 27.6 Å². The van der Waals surface area contributed by atoms with Crippen LogP contribution in [0.25, 0.3) is 0 Å². The number of carbonyl (C=O) groups is 1. The second-order valence-electron chi connectivity index (χ2n) is 4.32. The summed E-state index contributed by atoms with van der Waals surface area (Å²) < 4.78 is 0. The third kappa shape index (κ3) is 3.74. The zero-order chi connectivity index (χ0) is 14.4. The number of amides is 1. The lowest BCUT2D eigenvalue weighted by Gasteiger charge is -2.06. The first-order valence-electron chi connectivity index (χ1n) is 6.46. The molecule has 2 rings (SSSR count). The minimum atomic E-state index is -0.214. The molecule has 0 aromatic carbocycles. The van der Waals surface area contributed by atoms with Crippen molar-refractivity contribution in [1.29, 1.82) is 0 Å². The number of aryl methyl sites for hydroxylation is 1. The van der Waals surface area contributed by atoms with Crippen molar-refractivity contribution in [1.82, 2.24) is 20.5 Å². The van der Waals surface area contributed by atoms with Gasteiger partial charge in [0.05, 0.1) is 0 Å². The molecule has 0 unspecified atom stereocenters. The fraction of sp³-hybridized carbons (Fsp3) is 0.286. The molecule has 1 amide bonds. The van der Waals surface area contributed by atoms with Gasteiger partial charge in [0, 0.05) is 25.0 Å². The number of hydrogen-bond acceptors (Lipinski definition) is 5. The van der Waals surface area contributed by atoms with E-state index in [2.05, 4.69) is 25.8 Å². The summed E-state index contributed by atoms with van der Waals surface area (Å²) in [6.07, 6.45) is 1.82. The first-order valence-corrected chi connectivity index (χ1v) is 6.46. The highest BCUT2D eigenvalue weighted by molar-refractivity contribution is 5.92. The van der Waals surface area contributed by atoms with Crippen LogP contribution in [-0.2, 0) is 6.54 Å². The van der Waals surface area contributed by atoms with E-state index >= 15 is 0 Å². The fourth-order valence-electron chi connectivity index (χ4n) is 1.59. The molecule has 0 fully saturated rings. The lowest BCUT2D eigenvalue weighted by molar-refractivity contribution is 0.0950. The van der Waals surface area contributed by atoms with Crippen molar-refractivity contribution in [2.24, 2.45) is 0 Å². The van der Waals surface area contributed by atoms with Gasteiger partial charge in [0.15, 0.2) is 5.69 Å². The van der Waals surface area contributed by atoms with Crippen molar-refractivity contribution in [3.05, 3.63) is 47.4 Å². The number of pyridine rings is 1. The summed E-state index contributed by atoms with van der Waals surface area (Å²) in [5.74, 6) is 0.410. The molecule has 2 heterocycles. The van der Waals surface area contributed by atoms with Gasteiger partial charge in [0.1, 0.15) is 5.82 Å². The number of nitrogens with zero attached hydrogens (tertiary/aromatic N) is 3. The Bertz CT molecular complexity index is 565. The van der Waals surface area contributed by atoms with Crippen LogP contribution in [0.15, 0.2) is 30.5 Å². The smallest absolute Gasteiger partial charge is 0.271 e. The molecule has 0 radical (unpaired) electrons. The van der Waals surface area contributed by atoms with Gasteiger partial charge < -0.3 is 10.6 Å². The summed E-state index contributed by atoms with van der Waals surface area (Å²) >= 11 is 0. The highest BCUT2D eigenvalue weighted by Crippen LogP contribution is 2.06. The van der Waals surface area contributed by atoms with E-state index in [1.165, 1.54) is 0 Å². The molecule has 2 N–H and O–H groups in total. The van der Waals surface area contributed by atoms with Crippen molar-refractivity contribution in [3.63, 3.8) is 0 Å². The summed E-state index contributed by atoms with van der Waals surface area (Å²) in [4.78, 5) is 15.7. The standard InChI is InChI=1S/C14H17N5O/c1-3-15-14(20)12-6-7-13(19-18-12)17-9-11-5-4-10(2)16-8-11/h4-8H,3,9H2,1-2H3,(H,15,20)(H,17,19). The van der Waals surface area contributed by atoms with Crippen LogP contribution >= 0.6 is 0 Å². The predicted molar refractivity (Wildman–Crippen MR) is 76.3 cm³/mol. The van der Waals surface area contributed by atoms with Crippen LogP contribution < -0.4 is 10.6 Å². The van der Waals surface area contributed by atoms with E-state index in [9.17, 15) is 4.79 Å². The van der Waals surface area contributed by atoms with Gasteiger partial charge in [-0.3, -0.25) is 9.78 Å². The SMILES string of the molecule is CCNC(=O)c1ccc(NCc2ccc(C)nc2)nn1. The molecule has 0 atom stereocenters. The molecule has 2 aromatic rings. The maximum absolute atomic E-state index is 11.5. The molecule has 0 saturated heterocycles. The number of nitrogens with one attached hydrogen (secondary N) is 2. The summed E-state index contributed by atoms with van der Waals surface area (Å²) in [5.41, 5.74) is 2.36. The van der Waals surface area contributed by atoms with Gasteiger partial charge in [-0.25, -0.2) is 0 Å². The summed E-state index contributed by atoms with van der Waals surface area (Å²) in [6.45, 7) is 4.99. The summed E-state index contributed by atoms with van der Waals surface area (Å²) in [5, 5.41) is 13.7. The lowest BCUT2D eigenvalue weighted by atomic mass is 10.2. The van der Waals surface area contributed by atoms with Gasteiger partial charge in [-0.05, 0) is 37.6 Å². The van der Waals surface area contributed by atoms with E-state index in [-0.39, 0.29) is 5.91 Å². The van der Waals surface area contributed by atoms with Crippen LogP contribution in [0.5, 0.6) is 0 Å². The predicted octanol–water partition coefficient (Wildman–Crippen LogP) is 1.54. The van der Waals surface area contributed by atoms with Crippen LogP contribution in [0.4, 0.5) is 5.82 Å². The van der Waals surface area contributed by atoms with Crippen LogP contribution in [0.3, 0.4) is 0 Å². The topological polar surface area (TPSA) is 79.8 Å². The molecule has 0 aliphatic carbocycles. The number of carbonyl (C=O) groups excluding carboxylic acids is 1. The van der Waals surface area contributed by atoms with E-state index < -0.39 is 0 Å². The van der Waals surface area contributed by atoms with E-state index in [1.807, 2.05) is 32.2 Å². The largest absolute Gasteiger partial charge is 0.364 e. The van der Waals surface area contributed by atoms with E-state index in [0.717, 1.165) is 11.3 Å². The molecule has 0 spiro atoms. The second-order valence-corrected chi connectivity index (χ2v) is 4.32. The molecule has 20 heavy (non-hydrogen) atoms. The van der Waals surface area contributed by atoms with E-state index in [1.54, 1.807) is 12.1 Å². The Balaban J connectivity index is 1.93. The second kappa shape index (κ2) is 6.60. The first kappa shape index (κ1) is 13.9. The van der Waals surface area contributed by atoms with E-state index in [4.69, 9.17) is 0 Å². The number of aromatic nitrogens is 3. The monoisotopic (exact) mass is 271 g/mol. The maximum Gasteiger partial charge on any atom is 0.271 e. The Hall–Kier alpha value is -2.50. The van der Waals surface area contributed by atoms with Crippen LogP contribution in [0, 0.1) is 6.92 Å². The van der Waals surface area contributed by atoms with Crippen molar-refractivity contribution < 1.29 is 4.79 Å². The highest BCUT2D eigenvalue weighted by atomic mass is 16.1. The van der Waals surface area contributed by atoms with Crippen molar-refractivity contribution in [2.75, 3.05) is 11.9 Å². The third-order valence-corrected chi connectivity index (χ3v) is 2.68. The molecule has 6 heteroatoms. The summed E-state index contributed by atoms with van der Waals surface area (Å²) in [7, 11) is 0. The zero-order valence-corrected chi connectivity index (χ0v) is 11.6. The Kier molecular flexibility index (Phi) is 4.60. The molecule has 0 saturated carbocycles. The Labute approximate surface area is 117 Å². The molecule has 6 nitrogen and oxygen atoms in total. The van der Waals surface area contributed by atoms with Gasteiger partial charge in [0.25, 0.3) is 5.91 Å². The van der Waals surface area contributed by atoms with Crippen LogP contribution in [0.1, 0.15) is 28.7 Å². The molecule has 0 aliphatic heterocycles. The molecule has 2 aromatic heterocycles. The van der Waals surface area contributed by atoms with Gasteiger partial charge in [-0.1, -0.05) is 6.07 Å². The van der Waals surface area contributed by atoms with E-state index in [0.29, 0.717) is 24.6 Å². The molecule has 104 valence electrons. The van der Waals surface area contributed by atoms with Gasteiger partial charge >= 0.3 is 0 Å². The average Bonchev–Trinajstić information content (AvgIpc) is 2.47. The Morgan fingerprint density at radius 3 is 2.65 bits per heavy atom. The van der Waals surface area contributed by atoms with Crippen molar-refractivity contribution in [3.8, 4) is 0 Å². The third-order valence-electron chi connectivity index (χ3n) is 2.68. The van der Waals surface area contributed by atoms with Crippen molar-refractivity contribution >= 4 is 11.7 Å². The quantitative estimate of drug-likeness (QED) is 0.862. The maximum atomic E-state index is 11.5. The number of anilines is 1. The first-order chi connectivity index (χ1) is 9.69. The normalized spacial score (nSPS) is 10.1. The van der Waals surface area contributed by atoms with Crippen molar-refractivity contribution in [2.45, 2.75) is 20.4 Å². The fourth-order valence-corrected chi connectivity index (χ4v) is 1.59. The zero-order valence-electron chi connectivity index (χ0n) is 11.6. The molecule has 0 aliphatic rings.